The summed E-state index contributed by atoms with van der Waals surface area (Å²) in [6.07, 6.45) is 4.54. The van der Waals surface area contributed by atoms with Crippen LogP contribution >= 0.6 is 12.4 Å². The normalized spacial score (nSPS) is 15.3. The fourth-order valence-electron chi connectivity index (χ4n) is 2.69. The molecule has 0 radical (unpaired) electrons. The van der Waals surface area contributed by atoms with Crippen LogP contribution in [-0.4, -0.2) is 35.8 Å². The van der Waals surface area contributed by atoms with Crippen LogP contribution in [0.2, 0.25) is 0 Å². The van der Waals surface area contributed by atoms with Crippen molar-refractivity contribution in [1.29, 1.82) is 0 Å². The molecule has 2 rings (SSSR count). The average molecular weight is 354 g/mol. The zero-order valence-corrected chi connectivity index (χ0v) is 15.1. The number of carbonyl (C=O) groups is 2. The second-order valence-electron chi connectivity index (χ2n) is 6.34. The van der Waals surface area contributed by atoms with Crippen molar-refractivity contribution in [3.63, 3.8) is 0 Å². The molecule has 1 heterocycles. The molecule has 1 aromatic carbocycles. The number of amides is 2. The summed E-state index contributed by atoms with van der Waals surface area (Å²) < 4.78 is 0. The molecule has 6 heteroatoms. The maximum Gasteiger partial charge on any atom is 0.253 e. The Kier molecular flexibility index (Phi) is 8.79. The number of nitrogens with one attached hydrogen (secondary N) is 1. The summed E-state index contributed by atoms with van der Waals surface area (Å²) in [5.74, 6) is 0.119. The van der Waals surface area contributed by atoms with Crippen LogP contribution in [0.15, 0.2) is 24.3 Å². The lowest BCUT2D eigenvalue weighted by Gasteiger charge is -2.26. The second-order valence-corrected chi connectivity index (χ2v) is 6.34. The fourth-order valence-corrected chi connectivity index (χ4v) is 2.69. The smallest absolute Gasteiger partial charge is 0.253 e. The zero-order valence-electron chi connectivity index (χ0n) is 14.3. The van der Waals surface area contributed by atoms with E-state index in [0.29, 0.717) is 19.4 Å². The van der Waals surface area contributed by atoms with Gasteiger partial charge in [0.25, 0.3) is 5.91 Å². The molecule has 0 bridgehead atoms. The maximum atomic E-state index is 12.4. The summed E-state index contributed by atoms with van der Waals surface area (Å²) in [6, 6.07) is 7.55. The van der Waals surface area contributed by atoms with Crippen LogP contribution in [0.5, 0.6) is 0 Å². The van der Waals surface area contributed by atoms with Gasteiger partial charge in [0, 0.05) is 37.7 Å². The number of likely N-dealkylation sites (tertiary alicyclic amines) is 1. The Hall–Kier alpha value is -1.59. The monoisotopic (exact) mass is 353 g/mol. The van der Waals surface area contributed by atoms with E-state index in [0.717, 1.165) is 37.1 Å². The Labute approximate surface area is 150 Å². The minimum absolute atomic E-state index is 0. The Bertz CT molecular complexity index is 526. The average Bonchev–Trinajstić information content (AvgIpc) is 2.58. The number of piperidine rings is 1. The number of nitrogens with two attached hydrogens (primary N) is 1. The highest BCUT2D eigenvalue weighted by Crippen LogP contribution is 2.14. The quantitative estimate of drug-likeness (QED) is 0.825. The summed E-state index contributed by atoms with van der Waals surface area (Å²) in [4.78, 5) is 26.0. The first-order valence-corrected chi connectivity index (χ1v) is 8.47. The standard InChI is InChI=1S/C18H27N3O2.ClH/c1-14(19)5-10-17(22)20-13-15-6-8-16(9-7-15)18(23)21-11-3-2-4-12-21;/h6-9,14H,2-5,10-13,19H2,1H3,(H,20,22);1H. The Morgan fingerprint density at radius 3 is 2.38 bits per heavy atom. The summed E-state index contributed by atoms with van der Waals surface area (Å²) in [5, 5.41) is 2.88. The van der Waals surface area contributed by atoms with E-state index in [1.165, 1.54) is 6.42 Å². The summed E-state index contributed by atoms with van der Waals surface area (Å²) in [6.45, 7) is 4.09. The van der Waals surface area contributed by atoms with Crippen molar-refractivity contribution in [2.75, 3.05) is 13.1 Å². The summed E-state index contributed by atoms with van der Waals surface area (Å²) >= 11 is 0. The number of carbonyl (C=O) groups excluding carboxylic acids is 2. The first kappa shape index (κ1) is 20.5. The van der Waals surface area contributed by atoms with Gasteiger partial charge in [-0.3, -0.25) is 9.59 Å². The largest absolute Gasteiger partial charge is 0.352 e. The molecule has 1 aromatic rings. The van der Waals surface area contributed by atoms with Crippen LogP contribution in [0.4, 0.5) is 0 Å². The van der Waals surface area contributed by atoms with Crippen molar-refractivity contribution in [2.45, 2.75) is 51.6 Å². The molecule has 0 aromatic heterocycles. The molecule has 134 valence electrons. The van der Waals surface area contributed by atoms with Crippen LogP contribution in [0, 0.1) is 0 Å². The van der Waals surface area contributed by atoms with Crippen LogP contribution in [0.3, 0.4) is 0 Å². The van der Waals surface area contributed by atoms with E-state index >= 15 is 0 Å². The third-order valence-corrected chi connectivity index (χ3v) is 4.16. The molecule has 1 aliphatic heterocycles. The van der Waals surface area contributed by atoms with Gasteiger partial charge in [-0.05, 0) is 50.3 Å². The zero-order chi connectivity index (χ0) is 16.7. The minimum atomic E-state index is 0. The van der Waals surface area contributed by atoms with Gasteiger partial charge in [-0.15, -0.1) is 12.4 Å². The molecule has 1 unspecified atom stereocenters. The maximum absolute atomic E-state index is 12.4. The van der Waals surface area contributed by atoms with Gasteiger partial charge in [0.1, 0.15) is 0 Å². The molecule has 5 nitrogen and oxygen atoms in total. The molecule has 0 aliphatic carbocycles. The van der Waals surface area contributed by atoms with E-state index in [-0.39, 0.29) is 30.3 Å². The van der Waals surface area contributed by atoms with Crippen molar-refractivity contribution in [2.24, 2.45) is 5.73 Å². The van der Waals surface area contributed by atoms with Crippen molar-refractivity contribution in [3.05, 3.63) is 35.4 Å². The number of hydrogen-bond donors (Lipinski definition) is 2. The van der Waals surface area contributed by atoms with E-state index in [9.17, 15) is 9.59 Å². The van der Waals surface area contributed by atoms with Gasteiger partial charge in [-0.1, -0.05) is 12.1 Å². The fraction of sp³-hybridized carbons (Fsp3) is 0.556. The summed E-state index contributed by atoms with van der Waals surface area (Å²) in [5.41, 5.74) is 7.35. The first-order valence-electron chi connectivity index (χ1n) is 8.47. The van der Waals surface area contributed by atoms with Gasteiger partial charge in [0.05, 0.1) is 0 Å². The van der Waals surface area contributed by atoms with Crippen molar-refractivity contribution in [1.82, 2.24) is 10.2 Å². The lowest BCUT2D eigenvalue weighted by Crippen LogP contribution is -2.35. The van der Waals surface area contributed by atoms with E-state index in [1.54, 1.807) is 0 Å². The third kappa shape index (κ3) is 6.49. The molecule has 1 aliphatic rings. The molecule has 1 fully saturated rings. The van der Waals surface area contributed by atoms with E-state index in [2.05, 4.69) is 5.32 Å². The molecule has 1 atom stereocenters. The SMILES string of the molecule is CC(N)CCC(=O)NCc1ccc(C(=O)N2CCCCC2)cc1.Cl. The number of hydrogen-bond acceptors (Lipinski definition) is 3. The van der Waals surface area contributed by atoms with E-state index in [4.69, 9.17) is 5.73 Å². The van der Waals surface area contributed by atoms with Gasteiger partial charge >= 0.3 is 0 Å². The molecular weight excluding hydrogens is 326 g/mol. The van der Waals surface area contributed by atoms with E-state index < -0.39 is 0 Å². The predicted molar refractivity (Wildman–Crippen MR) is 98.2 cm³/mol. The topological polar surface area (TPSA) is 75.4 Å². The lowest BCUT2D eigenvalue weighted by molar-refractivity contribution is -0.121. The molecule has 0 saturated carbocycles. The molecule has 2 amide bonds. The summed E-state index contributed by atoms with van der Waals surface area (Å²) in [7, 11) is 0. The van der Waals surface area contributed by atoms with Gasteiger partial charge in [-0.2, -0.15) is 0 Å². The predicted octanol–water partition coefficient (Wildman–Crippen LogP) is 2.48. The minimum Gasteiger partial charge on any atom is -0.352 e. The third-order valence-electron chi connectivity index (χ3n) is 4.16. The number of halogens is 1. The van der Waals surface area contributed by atoms with Crippen molar-refractivity contribution < 1.29 is 9.59 Å². The number of rotatable bonds is 6. The number of benzene rings is 1. The molecule has 24 heavy (non-hydrogen) atoms. The molecule has 1 saturated heterocycles. The highest BCUT2D eigenvalue weighted by molar-refractivity contribution is 5.94. The Morgan fingerprint density at radius 2 is 1.79 bits per heavy atom. The Morgan fingerprint density at radius 1 is 1.17 bits per heavy atom. The van der Waals surface area contributed by atoms with Crippen LogP contribution in [0.1, 0.15) is 54.9 Å². The van der Waals surface area contributed by atoms with Gasteiger partial charge < -0.3 is 16.0 Å². The molecular formula is C18H28ClN3O2. The molecule has 3 N–H and O–H groups in total. The number of nitrogens with zero attached hydrogens (tertiary/aromatic N) is 1. The van der Waals surface area contributed by atoms with Crippen LogP contribution < -0.4 is 11.1 Å². The van der Waals surface area contributed by atoms with Gasteiger partial charge in [-0.25, -0.2) is 0 Å². The highest BCUT2D eigenvalue weighted by atomic mass is 35.5. The second kappa shape index (κ2) is 10.3. The van der Waals surface area contributed by atoms with Gasteiger partial charge in [0.15, 0.2) is 0 Å². The first-order chi connectivity index (χ1) is 11.1. The van der Waals surface area contributed by atoms with Crippen molar-refractivity contribution >= 4 is 24.2 Å². The lowest BCUT2D eigenvalue weighted by atomic mass is 10.1. The van der Waals surface area contributed by atoms with Gasteiger partial charge in [0.2, 0.25) is 5.91 Å². The molecule has 0 spiro atoms. The van der Waals surface area contributed by atoms with Crippen LogP contribution in [0.25, 0.3) is 0 Å². The van der Waals surface area contributed by atoms with Crippen LogP contribution in [-0.2, 0) is 11.3 Å². The van der Waals surface area contributed by atoms with E-state index in [1.807, 2.05) is 36.1 Å². The highest BCUT2D eigenvalue weighted by Gasteiger charge is 2.17. The Balaban J connectivity index is 0.00000288. The van der Waals surface area contributed by atoms with Crippen molar-refractivity contribution in [3.8, 4) is 0 Å².